The maximum atomic E-state index is 12.4. The van der Waals surface area contributed by atoms with Crippen LogP contribution in [0.15, 0.2) is 0 Å². The van der Waals surface area contributed by atoms with Crippen molar-refractivity contribution in [1.29, 1.82) is 0 Å². The average molecular weight is 525 g/mol. The van der Waals surface area contributed by atoms with Gasteiger partial charge in [-0.3, -0.25) is 0 Å². The minimum Gasteiger partial charge on any atom is -0.461 e. The summed E-state index contributed by atoms with van der Waals surface area (Å²) in [6.07, 6.45) is -1.04. The number of hydrogen-bond acceptors (Lipinski definition) is 9. The second-order valence-corrected chi connectivity index (χ2v) is 11.2. The normalized spacial score (nSPS) is 16.9. The van der Waals surface area contributed by atoms with E-state index in [0.717, 1.165) is 0 Å². The standard InChI is InChI=1S/C25H49O9P/c1-16(2)32-18(4)12-30-23(27)25(10,11)34-20(6)14-28-17(3)15-31-24(8,9)22(26)29-13-19(5)33-21(7)35/h16-21H,12-15,35H2,1-11H3. The Bertz CT molecular complexity index is 622. The van der Waals surface area contributed by atoms with Crippen LogP contribution in [0.3, 0.4) is 0 Å². The third kappa shape index (κ3) is 15.8. The van der Waals surface area contributed by atoms with Gasteiger partial charge < -0.3 is 33.2 Å². The number of carbonyl (C=O) groups excluding carboxylic acids is 2. The highest BCUT2D eigenvalue weighted by Gasteiger charge is 2.34. The lowest BCUT2D eigenvalue weighted by atomic mass is 10.1. The SMILES string of the molecule is CC(C)OC(C)COC(=O)C(C)(C)OC(C)COC(C)COC(C)(C)C(=O)OCC(C)OC(C)P. The molecule has 6 unspecified atom stereocenters. The minimum atomic E-state index is -1.14. The van der Waals surface area contributed by atoms with Gasteiger partial charge in [-0.05, 0) is 76.2 Å². The molecule has 6 atom stereocenters. The molecule has 0 fully saturated rings. The molecule has 9 nitrogen and oxygen atoms in total. The van der Waals surface area contributed by atoms with Gasteiger partial charge in [0.25, 0.3) is 0 Å². The van der Waals surface area contributed by atoms with Gasteiger partial charge >= 0.3 is 11.9 Å². The van der Waals surface area contributed by atoms with Crippen LogP contribution in [-0.4, -0.2) is 85.9 Å². The molecule has 0 N–H and O–H groups in total. The van der Waals surface area contributed by atoms with Gasteiger partial charge in [-0.15, -0.1) is 9.24 Å². The fourth-order valence-electron chi connectivity index (χ4n) is 2.96. The Kier molecular flexibility index (Phi) is 15.7. The Morgan fingerprint density at radius 2 is 1.14 bits per heavy atom. The zero-order valence-corrected chi connectivity index (χ0v) is 24.7. The fraction of sp³-hybridized carbons (Fsp3) is 0.920. The number of ether oxygens (including phenoxy) is 7. The van der Waals surface area contributed by atoms with Crippen LogP contribution in [0.1, 0.15) is 76.2 Å². The number of esters is 2. The van der Waals surface area contributed by atoms with Crippen molar-refractivity contribution in [3.05, 3.63) is 0 Å². The first-order valence-corrected chi connectivity index (χ1v) is 13.0. The van der Waals surface area contributed by atoms with Crippen molar-refractivity contribution in [3.8, 4) is 0 Å². The van der Waals surface area contributed by atoms with E-state index in [1.165, 1.54) is 0 Å². The van der Waals surface area contributed by atoms with Crippen molar-refractivity contribution in [3.63, 3.8) is 0 Å². The molecule has 0 saturated carbocycles. The molecule has 0 spiro atoms. The first kappa shape index (κ1) is 34.2. The maximum Gasteiger partial charge on any atom is 0.337 e. The maximum absolute atomic E-state index is 12.4. The summed E-state index contributed by atoms with van der Waals surface area (Å²) < 4.78 is 39.2. The predicted molar refractivity (Wildman–Crippen MR) is 137 cm³/mol. The quantitative estimate of drug-likeness (QED) is 0.195. The summed E-state index contributed by atoms with van der Waals surface area (Å²) in [6.45, 7) is 20.4. The van der Waals surface area contributed by atoms with Crippen LogP contribution in [0.2, 0.25) is 0 Å². The van der Waals surface area contributed by atoms with Gasteiger partial charge in [0.1, 0.15) is 13.2 Å². The van der Waals surface area contributed by atoms with Gasteiger partial charge in [-0.25, -0.2) is 9.59 Å². The summed E-state index contributed by atoms with van der Waals surface area (Å²) >= 11 is 0. The van der Waals surface area contributed by atoms with Crippen LogP contribution in [0.5, 0.6) is 0 Å². The van der Waals surface area contributed by atoms with Gasteiger partial charge in [-0.2, -0.15) is 0 Å². The summed E-state index contributed by atoms with van der Waals surface area (Å²) in [4.78, 5) is 24.8. The number of rotatable bonds is 18. The molecule has 208 valence electrons. The van der Waals surface area contributed by atoms with Crippen molar-refractivity contribution in [1.82, 2.24) is 0 Å². The predicted octanol–water partition coefficient (Wildman–Crippen LogP) is 3.90. The Morgan fingerprint density at radius 1 is 0.657 bits per heavy atom. The molecule has 0 radical (unpaired) electrons. The lowest BCUT2D eigenvalue weighted by molar-refractivity contribution is -0.184. The highest BCUT2D eigenvalue weighted by Crippen LogP contribution is 2.17. The van der Waals surface area contributed by atoms with Crippen LogP contribution >= 0.6 is 9.24 Å². The first-order valence-electron chi connectivity index (χ1n) is 12.3. The first-order chi connectivity index (χ1) is 16.0. The second-order valence-electron chi connectivity index (χ2n) is 10.2. The summed E-state index contributed by atoms with van der Waals surface area (Å²) in [6, 6.07) is 0. The van der Waals surface area contributed by atoms with Crippen LogP contribution in [-0.2, 0) is 42.7 Å². The zero-order chi connectivity index (χ0) is 27.4. The topological polar surface area (TPSA) is 98.8 Å². The third-order valence-corrected chi connectivity index (χ3v) is 4.78. The van der Waals surface area contributed by atoms with Crippen molar-refractivity contribution in [2.24, 2.45) is 0 Å². The van der Waals surface area contributed by atoms with Gasteiger partial charge in [0.05, 0.1) is 49.6 Å². The molecule has 35 heavy (non-hydrogen) atoms. The summed E-state index contributed by atoms with van der Waals surface area (Å²) in [5, 5.41) is 0. The molecule has 0 saturated heterocycles. The van der Waals surface area contributed by atoms with E-state index in [2.05, 4.69) is 9.24 Å². The van der Waals surface area contributed by atoms with Crippen molar-refractivity contribution < 1.29 is 42.7 Å². The molecule has 0 aromatic carbocycles. The highest BCUT2D eigenvalue weighted by atomic mass is 31.0. The fourth-order valence-corrected chi connectivity index (χ4v) is 3.23. The molecule has 0 bridgehead atoms. The van der Waals surface area contributed by atoms with E-state index in [-0.39, 0.29) is 62.8 Å². The van der Waals surface area contributed by atoms with Crippen molar-refractivity contribution in [2.75, 3.05) is 26.4 Å². The van der Waals surface area contributed by atoms with Crippen LogP contribution < -0.4 is 0 Å². The molecule has 0 heterocycles. The zero-order valence-electron chi connectivity index (χ0n) is 23.5. The van der Waals surface area contributed by atoms with E-state index in [1.807, 2.05) is 48.5 Å². The van der Waals surface area contributed by atoms with E-state index in [9.17, 15) is 9.59 Å². The molecular formula is C25H49O9P. The van der Waals surface area contributed by atoms with Crippen LogP contribution in [0.4, 0.5) is 0 Å². The minimum absolute atomic E-state index is 0.0263. The van der Waals surface area contributed by atoms with Gasteiger partial charge in [0.2, 0.25) is 0 Å². The lowest BCUT2D eigenvalue weighted by Crippen LogP contribution is -2.42. The molecule has 10 heteroatoms. The smallest absolute Gasteiger partial charge is 0.337 e. The Morgan fingerprint density at radius 3 is 1.63 bits per heavy atom. The number of carbonyl (C=O) groups is 2. The second kappa shape index (κ2) is 16.1. The molecular weight excluding hydrogens is 475 g/mol. The van der Waals surface area contributed by atoms with Gasteiger partial charge in [0, 0.05) is 0 Å². The van der Waals surface area contributed by atoms with Crippen LogP contribution in [0, 0.1) is 0 Å². The van der Waals surface area contributed by atoms with Gasteiger partial charge in [0.15, 0.2) is 11.2 Å². The largest absolute Gasteiger partial charge is 0.461 e. The Labute approximate surface area is 214 Å². The van der Waals surface area contributed by atoms with E-state index >= 15 is 0 Å². The molecule has 0 aliphatic heterocycles. The van der Waals surface area contributed by atoms with Crippen LogP contribution in [0.25, 0.3) is 0 Å². The molecule has 0 aliphatic carbocycles. The van der Waals surface area contributed by atoms with E-state index in [0.29, 0.717) is 0 Å². The summed E-state index contributed by atoms with van der Waals surface area (Å²) in [5.41, 5.74) is -2.27. The van der Waals surface area contributed by atoms with Gasteiger partial charge in [-0.1, -0.05) is 0 Å². The Balaban J connectivity index is 4.40. The lowest BCUT2D eigenvalue weighted by Gasteiger charge is -2.29. The third-order valence-electron chi connectivity index (χ3n) is 4.62. The van der Waals surface area contributed by atoms with E-state index in [1.54, 1.807) is 27.7 Å². The molecule has 0 aliphatic rings. The summed E-state index contributed by atoms with van der Waals surface area (Å²) in [5.74, 6) is -0.963. The average Bonchev–Trinajstić information content (AvgIpc) is 2.71. The molecule has 0 rings (SSSR count). The van der Waals surface area contributed by atoms with Crippen molar-refractivity contribution >= 4 is 21.2 Å². The number of hydrogen-bond donors (Lipinski definition) is 0. The van der Waals surface area contributed by atoms with Crippen molar-refractivity contribution in [2.45, 2.75) is 124 Å². The monoisotopic (exact) mass is 524 g/mol. The Hall–Kier alpha value is -0.830. The highest BCUT2D eigenvalue weighted by molar-refractivity contribution is 7.17. The molecule has 0 aromatic heterocycles. The molecule has 0 amide bonds. The van der Waals surface area contributed by atoms with E-state index in [4.69, 9.17) is 33.2 Å². The summed E-state index contributed by atoms with van der Waals surface area (Å²) in [7, 11) is 2.53. The van der Waals surface area contributed by atoms with E-state index < -0.39 is 23.1 Å². The molecule has 0 aromatic rings.